The zero-order valence-electron chi connectivity index (χ0n) is 17.1. The van der Waals surface area contributed by atoms with Crippen LogP contribution in [0.3, 0.4) is 0 Å². The van der Waals surface area contributed by atoms with Crippen molar-refractivity contribution in [2.45, 2.75) is 12.8 Å². The lowest BCUT2D eigenvalue weighted by atomic mass is 9.96. The lowest BCUT2D eigenvalue weighted by Gasteiger charge is -2.32. The van der Waals surface area contributed by atoms with Crippen LogP contribution < -0.4 is 5.32 Å². The monoisotopic (exact) mass is 465 g/mol. The largest absolute Gasteiger partial charge is 0.338 e. The summed E-state index contributed by atoms with van der Waals surface area (Å²) in [6.45, 7) is 1.02. The maximum Gasteiger partial charge on any atom is 0.253 e. The number of nitrogens with one attached hydrogen (secondary N) is 1. The molecule has 1 N–H and O–H groups in total. The molecular formula is C23H20ClN5O2S. The molecule has 1 aliphatic rings. The number of aromatic nitrogens is 3. The first-order valence-electron chi connectivity index (χ1n) is 10.3. The number of nitrogens with zero attached hydrogens (tertiary/aromatic N) is 4. The van der Waals surface area contributed by atoms with Gasteiger partial charge in [-0.1, -0.05) is 53.3 Å². The van der Waals surface area contributed by atoms with Crippen molar-refractivity contribution in [3.05, 3.63) is 71.4 Å². The third-order valence-electron chi connectivity index (χ3n) is 5.51. The molecule has 4 aromatic rings. The van der Waals surface area contributed by atoms with Crippen LogP contribution in [0.5, 0.6) is 0 Å². The van der Waals surface area contributed by atoms with Crippen LogP contribution in [0.25, 0.3) is 16.2 Å². The van der Waals surface area contributed by atoms with E-state index in [0.717, 1.165) is 24.1 Å². The van der Waals surface area contributed by atoms with Gasteiger partial charge in [0.1, 0.15) is 0 Å². The molecule has 1 atom stereocenters. The normalized spacial score (nSPS) is 16.3. The standard InChI is InChI=1S/C23H20ClN5O2S/c24-18-10-8-16(9-11-18)21(31)28-12-4-7-17(13-28)20(30)26-22-27-29-14-19(25-23(29)32-22)15-5-2-1-3-6-15/h1-3,5-6,8-11,14,17H,4,7,12-13H2,(H,26,27,30). The molecule has 1 unspecified atom stereocenters. The average Bonchev–Trinajstić information content (AvgIpc) is 3.38. The average molecular weight is 466 g/mol. The molecule has 2 amide bonds. The van der Waals surface area contributed by atoms with Gasteiger partial charge in [-0.2, -0.15) is 0 Å². The fourth-order valence-electron chi connectivity index (χ4n) is 3.86. The fraction of sp³-hybridized carbons (Fsp3) is 0.217. The Bertz CT molecular complexity index is 1240. The molecule has 0 aliphatic carbocycles. The Balaban J connectivity index is 1.25. The fourth-order valence-corrected chi connectivity index (χ4v) is 4.77. The van der Waals surface area contributed by atoms with E-state index in [1.807, 2.05) is 36.5 Å². The number of carbonyl (C=O) groups is 2. The second kappa shape index (κ2) is 8.72. The van der Waals surface area contributed by atoms with E-state index < -0.39 is 0 Å². The quantitative estimate of drug-likeness (QED) is 0.477. The van der Waals surface area contributed by atoms with Crippen molar-refractivity contribution in [2.75, 3.05) is 18.4 Å². The summed E-state index contributed by atoms with van der Waals surface area (Å²) >= 11 is 7.24. The Labute approximate surface area is 193 Å². The highest BCUT2D eigenvalue weighted by atomic mass is 35.5. The van der Waals surface area contributed by atoms with Gasteiger partial charge >= 0.3 is 0 Å². The Kier molecular flexibility index (Phi) is 5.63. The molecule has 1 aliphatic heterocycles. The van der Waals surface area contributed by atoms with Crippen molar-refractivity contribution < 1.29 is 9.59 Å². The first kappa shape index (κ1) is 20.7. The number of amides is 2. The predicted molar refractivity (Wildman–Crippen MR) is 125 cm³/mol. The van der Waals surface area contributed by atoms with Gasteiger partial charge < -0.3 is 10.2 Å². The SMILES string of the molecule is O=C(Nc1nn2cc(-c3ccccc3)nc2s1)C1CCCN(C(=O)c2ccc(Cl)cc2)C1. The third-order valence-corrected chi connectivity index (χ3v) is 6.60. The number of anilines is 1. The molecule has 2 aromatic carbocycles. The minimum atomic E-state index is -0.281. The third kappa shape index (κ3) is 4.24. The molecule has 0 bridgehead atoms. The molecule has 3 heterocycles. The number of hydrogen-bond donors (Lipinski definition) is 1. The van der Waals surface area contributed by atoms with Gasteiger partial charge in [-0.15, -0.1) is 5.10 Å². The van der Waals surface area contributed by atoms with Crippen molar-refractivity contribution in [3.8, 4) is 11.3 Å². The van der Waals surface area contributed by atoms with Crippen molar-refractivity contribution >= 4 is 44.8 Å². The van der Waals surface area contributed by atoms with Crippen molar-refractivity contribution in [2.24, 2.45) is 5.92 Å². The Morgan fingerprint density at radius 1 is 1.09 bits per heavy atom. The molecule has 0 spiro atoms. The summed E-state index contributed by atoms with van der Waals surface area (Å²) < 4.78 is 1.68. The number of likely N-dealkylation sites (tertiary alicyclic amines) is 1. The molecule has 0 radical (unpaired) electrons. The van der Waals surface area contributed by atoms with Crippen LogP contribution in [0.15, 0.2) is 60.8 Å². The lowest BCUT2D eigenvalue weighted by Crippen LogP contribution is -2.43. The number of piperidine rings is 1. The minimum absolute atomic E-state index is 0.0830. The minimum Gasteiger partial charge on any atom is -0.338 e. The zero-order valence-corrected chi connectivity index (χ0v) is 18.6. The summed E-state index contributed by atoms with van der Waals surface area (Å²) in [7, 11) is 0. The van der Waals surface area contributed by atoms with Crippen LogP contribution in [0.4, 0.5) is 5.13 Å². The van der Waals surface area contributed by atoms with Gasteiger partial charge in [0.25, 0.3) is 5.91 Å². The van der Waals surface area contributed by atoms with Gasteiger partial charge in [-0.05, 0) is 37.1 Å². The van der Waals surface area contributed by atoms with E-state index in [0.29, 0.717) is 33.8 Å². The summed E-state index contributed by atoms with van der Waals surface area (Å²) in [6.07, 6.45) is 3.36. The predicted octanol–water partition coefficient (Wildman–Crippen LogP) is 4.60. The molecular weight excluding hydrogens is 446 g/mol. The van der Waals surface area contributed by atoms with E-state index in [4.69, 9.17) is 11.6 Å². The maximum atomic E-state index is 12.9. The first-order chi connectivity index (χ1) is 15.6. The lowest BCUT2D eigenvalue weighted by molar-refractivity contribution is -0.121. The van der Waals surface area contributed by atoms with E-state index in [1.54, 1.807) is 33.7 Å². The number of halogens is 1. The van der Waals surface area contributed by atoms with Crippen LogP contribution in [0.2, 0.25) is 5.02 Å². The highest BCUT2D eigenvalue weighted by molar-refractivity contribution is 7.20. The molecule has 162 valence electrons. The van der Waals surface area contributed by atoms with E-state index >= 15 is 0 Å². The van der Waals surface area contributed by atoms with Gasteiger partial charge in [0.15, 0.2) is 0 Å². The Morgan fingerprint density at radius 2 is 1.88 bits per heavy atom. The summed E-state index contributed by atoms with van der Waals surface area (Å²) in [6, 6.07) is 16.7. The molecule has 2 aromatic heterocycles. The van der Waals surface area contributed by atoms with Crippen molar-refractivity contribution in [1.29, 1.82) is 0 Å². The van der Waals surface area contributed by atoms with Crippen LogP contribution in [-0.2, 0) is 4.79 Å². The van der Waals surface area contributed by atoms with E-state index in [2.05, 4.69) is 15.4 Å². The highest BCUT2D eigenvalue weighted by Gasteiger charge is 2.29. The van der Waals surface area contributed by atoms with Gasteiger partial charge in [-0.3, -0.25) is 9.59 Å². The second-order valence-electron chi connectivity index (χ2n) is 7.71. The molecule has 9 heteroatoms. The van der Waals surface area contributed by atoms with E-state index in [1.165, 1.54) is 11.3 Å². The number of benzene rings is 2. The summed E-state index contributed by atoms with van der Waals surface area (Å²) in [5.41, 5.74) is 2.43. The topological polar surface area (TPSA) is 79.6 Å². The number of hydrogen-bond acceptors (Lipinski definition) is 5. The number of imidazole rings is 1. The molecule has 0 saturated carbocycles. The van der Waals surface area contributed by atoms with E-state index in [9.17, 15) is 9.59 Å². The molecule has 5 rings (SSSR count). The summed E-state index contributed by atoms with van der Waals surface area (Å²) in [5.74, 6) is -0.490. The number of rotatable bonds is 4. The molecule has 7 nitrogen and oxygen atoms in total. The Morgan fingerprint density at radius 3 is 2.62 bits per heavy atom. The van der Waals surface area contributed by atoms with Crippen LogP contribution in [0, 0.1) is 5.92 Å². The van der Waals surface area contributed by atoms with E-state index in [-0.39, 0.29) is 17.7 Å². The number of carbonyl (C=O) groups excluding carboxylic acids is 2. The van der Waals surface area contributed by atoms with Crippen molar-refractivity contribution in [1.82, 2.24) is 19.5 Å². The van der Waals surface area contributed by atoms with Crippen LogP contribution >= 0.6 is 22.9 Å². The molecule has 1 fully saturated rings. The maximum absolute atomic E-state index is 12.9. The summed E-state index contributed by atoms with van der Waals surface area (Å²) in [5, 5.41) is 8.44. The van der Waals surface area contributed by atoms with Crippen LogP contribution in [0.1, 0.15) is 23.2 Å². The van der Waals surface area contributed by atoms with Crippen LogP contribution in [-0.4, -0.2) is 44.4 Å². The second-order valence-corrected chi connectivity index (χ2v) is 9.11. The van der Waals surface area contributed by atoms with Gasteiger partial charge in [0.2, 0.25) is 16.0 Å². The van der Waals surface area contributed by atoms with Gasteiger partial charge in [0.05, 0.1) is 17.8 Å². The van der Waals surface area contributed by atoms with Crippen molar-refractivity contribution in [3.63, 3.8) is 0 Å². The molecule has 32 heavy (non-hydrogen) atoms. The zero-order chi connectivity index (χ0) is 22.1. The van der Waals surface area contributed by atoms with Gasteiger partial charge in [0, 0.05) is 29.2 Å². The first-order valence-corrected chi connectivity index (χ1v) is 11.5. The smallest absolute Gasteiger partial charge is 0.253 e. The highest BCUT2D eigenvalue weighted by Crippen LogP contribution is 2.26. The summed E-state index contributed by atoms with van der Waals surface area (Å²) in [4.78, 5) is 32.7. The van der Waals surface area contributed by atoms with Gasteiger partial charge in [-0.25, -0.2) is 9.50 Å². The Hall–Kier alpha value is -3.23. The number of fused-ring (bicyclic) bond motifs is 1. The molecule has 1 saturated heterocycles.